The second-order valence-corrected chi connectivity index (χ2v) is 9.60. The van der Waals surface area contributed by atoms with E-state index in [9.17, 15) is 13.2 Å². The summed E-state index contributed by atoms with van der Waals surface area (Å²) in [6.07, 6.45) is 1.43. The number of methoxy groups -OCH3 is 2. The molecule has 0 saturated carbocycles. The first-order valence-electron chi connectivity index (χ1n) is 10.8. The first kappa shape index (κ1) is 26.8. The third-order valence-electron chi connectivity index (χ3n) is 4.94. The number of amides is 1. The smallest absolute Gasteiger partial charge is 0.264 e. The number of nitrogens with zero attached hydrogens (tertiary/aromatic N) is 2. The van der Waals surface area contributed by atoms with Crippen LogP contribution in [0.1, 0.15) is 12.5 Å². The highest BCUT2D eigenvalue weighted by Gasteiger charge is 2.28. The number of sulfonamides is 1. The zero-order valence-corrected chi connectivity index (χ0v) is 21.5. The molecule has 0 fully saturated rings. The van der Waals surface area contributed by atoms with Gasteiger partial charge in [-0.15, -0.1) is 0 Å². The number of nitrogens with one attached hydrogen (secondary N) is 1. The Hall–Kier alpha value is -3.76. The Balaban J connectivity index is 1.90. The molecule has 0 radical (unpaired) electrons. The van der Waals surface area contributed by atoms with E-state index in [2.05, 4.69) is 10.5 Å². The Morgan fingerprint density at radius 2 is 1.67 bits per heavy atom. The average molecular weight is 532 g/mol. The van der Waals surface area contributed by atoms with E-state index in [1.165, 1.54) is 38.6 Å². The maximum atomic E-state index is 13.6. The Morgan fingerprint density at radius 3 is 2.28 bits per heavy atom. The van der Waals surface area contributed by atoms with Crippen LogP contribution in [0.15, 0.2) is 76.7 Å². The van der Waals surface area contributed by atoms with Crippen molar-refractivity contribution in [2.75, 3.05) is 31.7 Å². The van der Waals surface area contributed by atoms with E-state index in [0.29, 0.717) is 28.7 Å². The predicted molar refractivity (Wildman–Crippen MR) is 139 cm³/mol. The number of carbonyl (C=O) groups excluding carboxylic acids is 1. The van der Waals surface area contributed by atoms with Crippen LogP contribution >= 0.6 is 11.6 Å². The van der Waals surface area contributed by atoms with Crippen LogP contribution in [-0.2, 0) is 14.8 Å². The molecular formula is C25H26ClN3O6S. The van der Waals surface area contributed by atoms with E-state index in [1.807, 2.05) is 6.92 Å². The zero-order chi connectivity index (χ0) is 26.1. The van der Waals surface area contributed by atoms with Gasteiger partial charge in [-0.1, -0.05) is 23.7 Å². The summed E-state index contributed by atoms with van der Waals surface area (Å²) in [5.74, 6) is 0.542. The minimum Gasteiger partial charge on any atom is -0.494 e. The third-order valence-corrected chi connectivity index (χ3v) is 6.96. The van der Waals surface area contributed by atoms with Gasteiger partial charge in [0.2, 0.25) is 0 Å². The van der Waals surface area contributed by atoms with E-state index < -0.39 is 22.5 Å². The Labute approximate surface area is 215 Å². The Bertz CT molecular complexity index is 1310. The van der Waals surface area contributed by atoms with Gasteiger partial charge in [0.15, 0.2) is 11.5 Å². The predicted octanol–water partition coefficient (Wildman–Crippen LogP) is 4.10. The van der Waals surface area contributed by atoms with Crippen molar-refractivity contribution >= 4 is 39.4 Å². The lowest BCUT2D eigenvalue weighted by atomic mass is 10.2. The van der Waals surface area contributed by atoms with Gasteiger partial charge in [0.05, 0.1) is 37.6 Å². The molecule has 0 unspecified atom stereocenters. The van der Waals surface area contributed by atoms with Gasteiger partial charge in [0.1, 0.15) is 12.3 Å². The molecule has 0 saturated heterocycles. The van der Waals surface area contributed by atoms with Crippen LogP contribution in [0, 0.1) is 0 Å². The van der Waals surface area contributed by atoms with Crippen molar-refractivity contribution in [1.82, 2.24) is 5.43 Å². The fourth-order valence-corrected chi connectivity index (χ4v) is 4.75. The molecule has 36 heavy (non-hydrogen) atoms. The van der Waals surface area contributed by atoms with Crippen molar-refractivity contribution in [1.29, 1.82) is 0 Å². The minimum atomic E-state index is -4.18. The summed E-state index contributed by atoms with van der Waals surface area (Å²) in [6, 6.07) is 17.4. The molecule has 9 nitrogen and oxygen atoms in total. The van der Waals surface area contributed by atoms with Crippen molar-refractivity contribution in [2.45, 2.75) is 11.8 Å². The first-order valence-corrected chi connectivity index (χ1v) is 12.7. The molecule has 3 aromatic rings. The molecule has 1 amide bonds. The number of halogens is 1. The minimum absolute atomic E-state index is 0.0773. The van der Waals surface area contributed by atoms with Gasteiger partial charge in [0.25, 0.3) is 15.9 Å². The van der Waals surface area contributed by atoms with Crippen molar-refractivity contribution < 1.29 is 27.4 Å². The summed E-state index contributed by atoms with van der Waals surface area (Å²) in [4.78, 5) is 12.6. The largest absolute Gasteiger partial charge is 0.494 e. The lowest BCUT2D eigenvalue weighted by Gasteiger charge is -2.24. The van der Waals surface area contributed by atoms with Crippen molar-refractivity contribution in [3.8, 4) is 17.2 Å². The van der Waals surface area contributed by atoms with E-state index in [4.69, 9.17) is 25.8 Å². The first-order chi connectivity index (χ1) is 17.3. The molecule has 0 bridgehead atoms. The van der Waals surface area contributed by atoms with E-state index in [0.717, 1.165) is 4.31 Å². The molecule has 0 spiro atoms. The molecular weight excluding hydrogens is 506 g/mol. The van der Waals surface area contributed by atoms with E-state index in [-0.39, 0.29) is 16.3 Å². The number of benzene rings is 3. The lowest BCUT2D eigenvalue weighted by molar-refractivity contribution is -0.119. The van der Waals surface area contributed by atoms with Crippen LogP contribution in [0.4, 0.5) is 5.69 Å². The molecule has 0 heterocycles. The average Bonchev–Trinajstić information content (AvgIpc) is 2.88. The lowest BCUT2D eigenvalue weighted by Crippen LogP contribution is -2.39. The van der Waals surface area contributed by atoms with Gasteiger partial charge in [-0.3, -0.25) is 9.10 Å². The zero-order valence-electron chi connectivity index (χ0n) is 20.0. The van der Waals surface area contributed by atoms with Gasteiger partial charge >= 0.3 is 0 Å². The highest BCUT2D eigenvalue weighted by atomic mass is 35.5. The number of anilines is 1. The van der Waals surface area contributed by atoms with Crippen LogP contribution in [0.5, 0.6) is 17.2 Å². The molecule has 0 aliphatic carbocycles. The van der Waals surface area contributed by atoms with Crippen molar-refractivity contribution in [3.05, 3.63) is 77.3 Å². The molecule has 0 aromatic heterocycles. The topological polar surface area (TPSA) is 107 Å². The summed E-state index contributed by atoms with van der Waals surface area (Å²) >= 11 is 5.87. The van der Waals surface area contributed by atoms with E-state index >= 15 is 0 Å². The third kappa shape index (κ3) is 6.67. The second kappa shape index (κ2) is 12.3. The Morgan fingerprint density at radius 1 is 1.00 bits per heavy atom. The SMILES string of the molecule is CCOc1ccc(N(CC(=O)N/N=C\c2ccc(Cl)cc2)S(=O)(=O)c2ccc(OC)c(OC)c2)cc1. The van der Waals surface area contributed by atoms with Gasteiger partial charge in [-0.05, 0) is 61.0 Å². The van der Waals surface area contributed by atoms with Gasteiger partial charge in [-0.25, -0.2) is 13.8 Å². The monoisotopic (exact) mass is 531 g/mol. The van der Waals surface area contributed by atoms with Gasteiger partial charge in [0, 0.05) is 11.1 Å². The number of hydrogen-bond acceptors (Lipinski definition) is 7. The normalized spacial score (nSPS) is 11.2. The van der Waals surface area contributed by atoms with Crippen LogP contribution in [0.2, 0.25) is 5.02 Å². The van der Waals surface area contributed by atoms with E-state index in [1.54, 1.807) is 48.5 Å². The molecule has 3 aromatic carbocycles. The van der Waals surface area contributed by atoms with Crippen LogP contribution in [0.3, 0.4) is 0 Å². The number of hydrogen-bond donors (Lipinski definition) is 1. The summed E-state index contributed by atoms with van der Waals surface area (Å²) in [7, 11) is -1.33. The molecule has 190 valence electrons. The number of rotatable bonds is 11. The highest BCUT2D eigenvalue weighted by molar-refractivity contribution is 7.92. The van der Waals surface area contributed by atoms with Crippen LogP contribution in [-0.4, -0.2) is 47.9 Å². The second-order valence-electron chi connectivity index (χ2n) is 7.30. The summed E-state index contributed by atoms with van der Waals surface area (Å²) < 4.78 is 44.2. The molecule has 0 atom stereocenters. The standard InChI is InChI=1S/C25H26ClN3O6S/c1-4-35-21-11-9-20(10-12-21)29(17-25(30)28-27-16-18-5-7-19(26)8-6-18)36(31,32)22-13-14-23(33-2)24(15-22)34-3/h5-16H,4,17H2,1-3H3,(H,28,30)/b27-16-. The maximum Gasteiger partial charge on any atom is 0.264 e. The van der Waals surface area contributed by atoms with Gasteiger partial charge < -0.3 is 14.2 Å². The molecule has 3 rings (SSSR count). The fourth-order valence-electron chi connectivity index (χ4n) is 3.19. The maximum absolute atomic E-state index is 13.6. The highest BCUT2D eigenvalue weighted by Crippen LogP contribution is 2.32. The van der Waals surface area contributed by atoms with Gasteiger partial charge in [-0.2, -0.15) is 5.10 Å². The van der Waals surface area contributed by atoms with Crippen molar-refractivity contribution in [3.63, 3.8) is 0 Å². The molecule has 11 heteroatoms. The van der Waals surface area contributed by atoms with Crippen molar-refractivity contribution in [2.24, 2.45) is 5.10 Å². The Kier molecular flexibility index (Phi) is 9.15. The fraction of sp³-hybridized carbons (Fsp3) is 0.200. The number of hydrazone groups is 1. The summed E-state index contributed by atoms with van der Waals surface area (Å²) in [5.41, 5.74) is 3.34. The van der Waals surface area contributed by atoms with Crippen LogP contribution in [0.25, 0.3) is 0 Å². The van der Waals surface area contributed by atoms with Crippen LogP contribution < -0.4 is 23.9 Å². The summed E-state index contributed by atoms with van der Waals surface area (Å²) in [5, 5.41) is 4.49. The molecule has 0 aliphatic rings. The summed E-state index contributed by atoms with van der Waals surface area (Å²) in [6.45, 7) is 1.78. The molecule has 0 aliphatic heterocycles. The number of carbonyl (C=O) groups is 1. The number of ether oxygens (including phenoxy) is 3. The quantitative estimate of drug-likeness (QED) is 0.295. The molecule has 1 N–H and O–H groups in total.